The molecule has 2 aliphatic rings. The maximum Gasteiger partial charge on any atom is 0.407 e. The van der Waals surface area contributed by atoms with E-state index in [-0.39, 0.29) is 17.9 Å². The number of nitrogens with zero attached hydrogens (tertiary/aromatic N) is 4. The fourth-order valence-electron chi connectivity index (χ4n) is 5.59. The second-order valence-electron chi connectivity index (χ2n) is 14.1. The molecular weight excluding hydrogens is 606 g/mol. The molecule has 48 heavy (non-hydrogen) atoms. The third kappa shape index (κ3) is 10.2. The van der Waals surface area contributed by atoms with Gasteiger partial charge in [0.15, 0.2) is 0 Å². The first kappa shape index (κ1) is 36.3. The van der Waals surface area contributed by atoms with Crippen molar-refractivity contribution in [2.75, 3.05) is 46.1 Å². The number of ether oxygens (including phenoxy) is 1. The molecule has 2 heterocycles. The Hall–Kier alpha value is -4.51. The maximum absolute atomic E-state index is 13.6. The zero-order chi connectivity index (χ0) is 35.2. The highest BCUT2D eigenvalue weighted by atomic mass is 16.6. The van der Waals surface area contributed by atoms with Crippen LogP contribution in [-0.4, -0.2) is 84.1 Å². The summed E-state index contributed by atoms with van der Waals surface area (Å²) in [7, 11) is 5.38. The predicted molar refractivity (Wildman–Crippen MR) is 189 cm³/mol. The normalized spacial score (nSPS) is 17.1. The molecule has 3 N–H and O–H groups in total. The Labute approximate surface area is 284 Å². The molecule has 0 bridgehead atoms. The van der Waals surface area contributed by atoms with Crippen LogP contribution in [0.15, 0.2) is 66.2 Å². The first-order chi connectivity index (χ1) is 22.6. The number of likely N-dealkylation sites (N-methyl/N-ethyl adjacent to an activating group) is 1. The molecule has 0 radical (unpaired) electrons. The number of hydrogen-bond acceptors (Lipinski definition) is 8. The van der Waals surface area contributed by atoms with Crippen LogP contribution in [0.5, 0.6) is 0 Å². The van der Waals surface area contributed by atoms with Crippen LogP contribution in [0.2, 0.25) is 0 Å². The van der Waals surface area contributed by atoms with Gasteiger partial charge in [0.1, 0.15) is 11.4 Å². The number of hydrogen-bond donors (Lipinski definition) is 3. The Morgan fingerprint density at radius 3 is 2.42 bits per heavy atom. The molecule has 11 heteroatoms. The van der Waals surface area contributed by atoms with Gasteiger partial charge in [-0.1, -0.05) is 29.9 Å². The van der Waals surface area contributed by atoms with E-state index in [4.69, 9.17) is 9.72 Å². The minimum absolute atomic E-state index is 0.151. The number of pyridine rings is 2. The molecule has 2 aromatic heterocycles. The van der Waals surface area contributed by atoms with Gasteiger partial charge in [0.25, 0.3) is 5.91 Å². The van der Waals surface area contributed by atoms with Crippen molar-refractivity contribution in [2.45, 2.75) is 71.4 Å². The maximum atomic E-state index is 13.6. The molecular formula is C37H51N7O4. The number of anilines is 1. The van der Waals surface area contributed by atoms with Crippen molar-refractivity contribution in [1.29, 1.82) is 0 Å². The van der Waals surface area contributed by atoms with E-state index in [1.54, 1.807) is 20.2 Å². The van der Waals surface area contributed by atoms with E-state index >= 15 is 0 Å². The van der Waals surface area contributed by atoms with Crippen molar-refractivity contribution in [3.05, 3.63) is 88.6 Å². The van der Waals surface area contributed by atoms with Crippen molar-refractivity contribution in [2.24, 2.45) is 5.92 Å². The van der Waals surface area contributed by atoms with E-state index in [0.29, 0.717) is 48.9 Å². The van der Waals surface area contributed by atoms with E-state index in [9.17, 15) is 14.4 Å². The van der Waals surface area contributed by atoms with Crippen LogP contribution in [-0.2, 0) is 9.53 Å². The van der Waals surface area contributed by atoms with E-state index < -0.39 is 17.6 Å². The van der Waals surface area contributed by atoms with Crippen molar-refractivity contribution in [3.8, 4) is 0 Å². The minimum Gasteiger partial charge on any atom is -0.444 e. The zero-order valence-electron chi connectivity index (χ0n) is 29.6. The molecule has 2 unspecified atom stereocenters. The summed E-state index contributed by atoms with van der Waals surface area (Å²) in [5.41, 5.74) is 5.27. The van der Waals surface area contributed by atoms with Crippen LogP contribution in [0, 0.1) is 12.8 Å². The Kier molecular flexibility index (Phi) is 11.8. The smallest absolute Gasteiger partial charge is 0.407 e. The molecule has 11 nitrogen and oxygen atoms in total. The van der Waals surface area contributed by atoms with Crippen molar-refractivity contribution >= 4 is 23.7 Å². The molecule has 2 aliphatic carbocycles. The van der Waals surface area contributed by atoms with E-state index in [0.717, 1.165) is 22.5 Å². The van der Waals surface area contributed by atoms with Gasteiger partial charge >= 0.3 is 6.09 Å². The van der Waals surface area contributed by atoms with E-state index in [2.05, 4.69) is 50.6 Å². The minimum atomic E-state index is -0.555. The number of aromatic nitrogens is 2. The summed E-state index contributed by atoms with van der Waals surface area (Å²) in [5, 5.41) is 9.47. The SMILES string of the molecule is C=C1CC=C(NC(CN(C)CCNC(=O)OC(C)(C)C)c2ccc(C3CC3)cn2)C=C(C)C1C(=O)Nc1ncc(C(=O)N(C)C)cc1C. The molecule has 2 atom stereocenters. The van der Waals surface area contributed by atoms with Gasteiger partial charge < -0.3 is 30.5 Å². The van der Waals surface area contributed by atoms with E-state index in [1.807, 2.05) is 53.9 Å². The Morgan fingerprint density at radius 2 is 1.81 bits per heavy atom. The first-order valence-electron chi connectivity index (χ1n) is 16.5. The molecule has 4 rings (SSSR count). The second kappa shape index (κ2) is 15.6. The highest BCUT2D eigenvalue weighted by Gasteiger charge is 2.28. The summed E-state index contributed by atoms with van der Waals surface area (Å²) >= 11 is 0. The van der Waals surface area contributed by atoms with E-state index in [1.165, 1.54) is 29.5 Å². The Bertz CT molecular complexity index is 1570. The van der Waals surface area contributed by atoms with Crippen molar-refractivity contribution in [3.63, 3.8) is 0 Å². The van der Waals surface area contributed by atoms with Crippen LogP contribution >= 0.6 is 0 Å². The molecule has 0 spiro atoms. The molecule has 258 valence electrons. The highest BCUT2D eigenvalue weighted by Crippen LogP contribution is 2.39. The fraction of sp³-hybridized carbons (Fsp3) is 0.486. The lowest BCUT2D eigenvalue weighted by atomic mass is 9.91. The quantitative estimate of drug-likeness (QED) is 0.256. The van der Waals surface area contributed by atoms with Gasteiger partial charge in [0.05, 0.1) is 23.2 Å². The monoisotopic (exact) mass is 657 g/mol. The molecule has 3 amide bonds. The van der Waals surface area contributed by atoms with Crippen LogP contribution in [0.1, 0.15) is 86.1 Å². The molecule has 0 aliphatic heterocycles. The lowest BCUT2D eigenvalue weighted by Gasteiger charge is -2.26. The molecule has 2 aromatic rings. The Balaban J connectivity index is 1.46. The third-order valence-corrected chi connectivity index (χ3v) is 8.28. The lowest BCUT2D eigenvalue weighted by Crippen LogP contribution is -2.39. The average Bonchev–Trinajstić information content (AvgIpc) is 3.86. The van der Waals surface area contributed by atoms with Gasteiger partial charge in [-0.3, -0.25) is 14.6 Å². The number of nitrogens with one attached hydrogen (secondary N) is 3. The lowest BCUT2D eigenvalue weighted by molar-refractivity contribution is -0.117. The average molecular weight is 658 g/mol. The fourth-order valence-corrected chi connectivity index (χ4v) is 5.59. The third-order valence-electron chi connectivity index (χ3n) is 8.28. The van der Waals surface area contributed by atoms with Gasteiger partial charge in [-0.2, -0.15) is 0 Å². The summed E-state index contributed by atoms with van der Waals surface area (Å²) < 4.78 is 5.36. The van der Waals surface area contributed by atoms with Crippen LogP contribution in [0.4, 0.5) is 10.6 Å². The largest absolute Gasteiger partial charge is 0.444 e. The van der Waals surface area contributed by atoms with Crippen LogP contribution in [0.3, 0.4) is 0 Å². The number of rotatable bonds is 12. The van der Waals surface area contributed by atoms with Gasteiger partial charge in [-0.25, -0.2) is 9.78 Å². The molecule has 1 fully saturated rings. The van der Waals surface area contributed by atoms with Gasteiger partial charge in [0, 0.05) is 51.8 Å². The van der Waals surface area contributed by atoms with Crippen LogP contribution < -0.4 is 16.0 Å². The molecule has 1 saturated carbocycles. The number of amides is 3. The summed E-state index contributed by atoms with van der Waals surface area (Å²) in [6.07, 6.45) is 10.0. The first-order valence-corrected chi connectivity index (χ1v) is 16.5. The number of alkyl carbamates (subject to hydrolysis) is 1. The van der Waals surface area contributed by atoms with Crippen molar-refractivity contribution in [1.82, 2.24) is 30.4 Å². The van der Waals surface area contributed by atoms with Gasteiger partial charge in [-0.15, -0.1) is 0 Å². The van der Waals surface area contributed by atoms with Crippen molar-refractivity contribution < 1.29 is 19.1 Å². The summed E-state index contributed by atoms with van der Waals surface area (Å²) in [5.74, 6) is 0.0943. The number of carbonyl (C=O) groups excluding carboxylic acids is 3. The zero-order valence-corrected chi connectivity index (χ0v) is 29.6. The number of carbonyl (C=O) groups is 3. The second-order valence-corrected chi connectivity index (χ2v) is 14.1. The van der Waals surface area contributed by atoms with Crippen LogP contribution in [0.25, 0.3) is 0 Å². The summed E-state index contributed by atoms with van der Waals surface area (Å²) in [6, 6.07) is 5.83. The van der Waals surface area contributed by atoms with Gasteiger partial charge in [-0.05, 0) is 96.2 Å². The topological polar surface area (TPSA) is 129 Å². The highest BCUT2D eigenvalue weighted by molar-refractivity contribution is 5.97. The summed E-state index contributed by atoms with van der Waals surface area (Å²) in [4.78, 5) is 51.0. The molecule has 0 aromatic carbocycles. The van der Waals surface area contributed by atoms with Gasteiger partial charge in [0.2, 0.25) is 5.91 Å². The summed E-state index contributed by atoms with van der Waals surface area (Å²) in [6.45, 7) is 15.2. The molecule has 0 saturated heterocycles. The number of allylic oxidation sites excluding steroid dienone is 2. The Morgan fingerprint density at radius 1 is 1.08 bits per heavy atom. The number of aryl methyl sites for hydroxylation is 1. The predicted octanol–water partition coefficient (Wildman–Crippen LogP) is 5.50. The standard InChI is InChI=1S/C37H51N7O4/c1-23-10-14-29(19-24(2)32(23)34(45)42-33-25(3)18-28(21-40-33)35(46)43(7)8)41-31(30-15-13-27(20-39-30)26-11-12-26)22-44(9)17-16-38-36(47)48-37(4,5)6/h13-15,18-21,26,31-32,41H,1,10-12,16-17,22H2,2-9H3,(H,38,47)(H,40,42,45).